The van der Waals surface area contributed by atoms with Crippen molar-refractivity contribution in [3.05, 3.63) is 75.5 Å². The summed E-state index contributed by atoms with van der Waals surface area (Å²) in [6.07, 6.45) is 1.28. The molecule has 2 rings (SSSR count). The third-order valence-electron chi connectivity index (χ3n) is 3.28. The van der Waals surface area contributed by atoms with E-state index in [0.717, 1.165) is 0 Å². The first-order valence-corrected chi connectivity index (χ1v) is 7.54. The van der Waals surface area contributed by atoms with Gasteiger partial charge in [-0.05, 0) is 17.7 Å². The molecule has 2 aromatic rings. The number of hydrogen-bond acceptors (Lipinski definition) is 5. The highest BCUT2D eigenvalue weighted by atomic mass is 16.6. The Morgan fingerprint density at radius 3 is 2.62 bits per heavy atom. The van der Waals surface area contributed by atoms with E-state index in [1.54, 1.807) is 36.4 Å². The van der Waals surface area contributed by atoms with E-state index in [1.807, 2.05) is 0 Å². The Kier molecular flexibility index (Phi) is 6.05. The summed E-state index contributed by atoms with van der Waals surface area (Å²) >= 11 is 0. The zero-order chi connectivity index (χ0) is 19.1. The van der Waals surface area contributed by atoms with Gasteiger partial charge in [-0.3, -0.25) is 14.9 Å². The third kappa shape index (κ3) is 5.17. The van der Waals surface area contributed by atoms with Crippen LogP contribution in [0.5, 0.6) is 5.75 Å². The highest BCUT2D eigenvalue weighted by Gasteiger charge is 2.11. The van der Waals surface area contributed by atoms with Gasteiger partial charge >= 0.3 is 5.97 Å². The van der Waals surface area contributed by atoms with Gasteiger partial charge in [0.25, 0.3) is 5.69 Å². The van der Waals surface area contributed by atoms with Crippen LogP contribution in [0.25, 0.3) is 6.08 Å². The number of carboxylic acids is 1. The van der Waals surface area contributed by atoms with Crippen molar-refractivity contribution in [3.8, 4) is 5.75 Å². The first-order valence-electron chi connectivity index (χ1n) is 7.54. The van der Waals surface area contributed by atoms with Crippen LogP contribution in [0.4, 0.5) is 5.69 Å². The lowest BCUT2D eigenvalue weighted by Crippen LogP contribution is -2.24. The molecular weight excluding hydrogens is 340 g/mol. The summed E-state index contributed by atoms with van der Waals surface area (Å²) in [7, 11) is 0. The number of para-hydroxylation sites is 1. The molecule has 0 heterocycles. The van der Waals surface area contributed by atoms with Crippen molar-refractivity contribution < 1.29 is 24.4 Å². The van der Waals surface area contributed by atoms with Crippen LogP contribution in [0.1, 0.15) is 18.1 Å². The maximum atomic E-state index is 11.2. The molecular formula is C18H16N2O6. The monoisotopic (exact) mass is 356 g/mol. The standard InChI is InChI=1S/C18H16N2O6/c1-12(21)19-16(18(22)23)10-14-6-2-3-8-17(14)26-11-13-5-4-7-15(9-13)20(24)25/h2-10H,11H2,1H3,(H,19,21)(H,22,23)/b16-10+. The van der Waals surface area contributed by atoms with Crippen molar-refractivity contribution in [2.24, 2.45) is 0 Å². The maximum absolute atomic E-state index is 11.2. The van der Waals surface area contributed by atoms with Crippen LogP contribution < -0.4 is 10.1 Å². The van der Waals surface area contributed by atoms with Crippen LogP contribution in [-0.4, -0.2) is 21.9 Å². The molecule has 0 aliphatic rings. The van der Waals surface area contributed by atoms with Gasteiger partial charge in [-0.25, -0.2) is 4.79 Å². The Bertz CT molecular complexity index is 875. The van der Waals surface area contributed by atoms with Gasteiger partial charge in [-0.1, -0.05) is 30.3 Å². The molecule has 8 heteroatoms. The summed E-state index contributed by atoms with van der Waals surface area (Å²) in [5.74, 6) is -1.41. The average molecular weight is 356 g/mol. The van der Waals surface area contributed by atoms with Gasteiger partial charge in [0.1, 0.15) is 18.1 Å². The van der Waals surface area contributed by atoms with Crippen LogP contribution in [0.3, 0.4) is 0 Å². The molecule has 26 heavy (non-hydrogen) atoms. The molecule has 0 saturated heterocycles. The van der Waals surface area contributed by atoms with Crippen LogP contribution in [-0.2, 0) is 16.2 Å². The van der Waals surface area contributed by atoms with Crippen LogP contribution in [0.2, 0.25) is 0 Å². The van der Waals surface area contributed by atoms with Crippen LogP contribution in [0.15, 0.2) is 54.2 Å². The fourth-order valence-corrected chi connectivity index (χ4v) is 2.15. The molecule has 0 unspecified atom stereocenters. The Balaban J connectivity index is 2.23. The SMILES string of the molecule is CC(=O)N/C(=C/c1ccccc1OCc1cccc([N+](=O)[O-])c1)C(=O)O. The molecule has 8 nitrogen and oxygen atoms in total. The quantitative estimate of drug-likeness (QED) is 0.447. The summed E-state index contributed by atoms with van der Waals surface area (Å²) in [6, 6.07) is 12.7. The fraction of sp³-hybridized carbons (Fsp3) is 0.111. The van der Waals surface area contributed by atoms with Gasteiger partial charge < -0.3 is 15.2 Å². The Labute approximate surface area is 148 Å². The number of aliphatic carboxylic acids is 1. The van der Waals surface area contributed by atoms with Crippen molar-refractivity contribution >= 4 is 23.6 Å². The minimum absolute atomic E-state index is 0.0434. The van der Waals surface area contributed by atoms with E-state index in [-0.39, 0.29) is 18.0 Å². The second kappa shape index (κ2) is 8.43. The summed E-state index contributed by atoms with van der Waals surface area (Å²) in [4.78, 5) is 32.7. The number of amides is 1. The Hall–Kier alpha value is -3.68. The molecule has 2 aromatic carbocycles. The van der Waals surface area contributed by atoms with Gasteiger partial charge in [-0.2, -0.15) is 0 Å². The van der Waals surface area contributed by atoms with Crippen molar-refractivity contribution in [3.63, 3.8) is 0 Å². The highest BCUT2D eigenvalue weighted by molar-refractivity contribution is 5.96. The van der Waals surface area contributed by atoms with E-state index in [9.17, 15) is 24.8 Å². The largest absolute Gasteiger partial charge is 0.488 e. The number of rotatable bonds is 7. The van der Waals surface area contributed by atoms with Gasteiger partial charge in [0.05, 0.1) is 4.92 Å². The van der Waals surface area contributed by atoms with E-state index >= 15 is 0 Å². The van der Waals surface area contributed by atoms with Crippen molar-refractivity contribution in [2.75, 3.05) is 0 Å². The number of carbonyl (C=O) groups excluding carboxylic acids is 1. The van der Waals surface area contributed by atoms with E-state index < -0.39 is 16.8 Å². The van der Waals surface area contributed by atoms with Crippen molar-refractivity contribution in [1.29, 1.82) is 0 Å². The summed E-state index contributed by atoms with van der Waals surface area (Å²) in [6.45, 7) is 1.27. The lowest BCUT2D eigenvalue weighted by Gasteiger charge is -2.10. The number of benzene rings is 2. The predicted octanol–water partition coefficient (Wildman–Crippen LogP) is 2.74. The predicted molar refractivity (Wildman–Crippen MR) is 93.3 cm³/mol. The zero-order valence-corrected chi connectivity index (χ0v) is 13.8. The second-order valence-corrected chi connectivity index (χ2v) is 5.30. The second-order valence-electron chi connectivity index (χ2n) is 5.30. The van der Waals surface area contributed by atoms with Crippen LogP contribution >= 0.6 is 0 Å². The Morgan fingerprint density at radius 1 is 1.23 bits per heavy atom. The number of nitrogens with zero attached hydrogens (tertiary/aromatic N) is 1. The van der Waals surface area contributed by atoms with Crippen molar-refractivity contribution in [2.45, 2.75) is 13.5 Å². The average Bonchev–Trinajstić information content (AvgIpc) is 2.60. The van der Waals surface area contributed by atoms with Gasteiger partial charge in [0.15, 0.2) is 0 Å². The van der Waals surface area contributed by atoms with E-state index in [0.29, 0.717) is 16.9 Å². The third-order valence-corrected chi connectivity index (χ3v) is 3.28. The molecule has 0 spiro atoms. The molecule has 0 aliphatic carbocycles. The summed E-state index contributed by atoms with van der Waals surface area (Å²) < 4.78 is 5.67. The number of ether oxygens (including phenoxy) is 1. The van der Waals surface area contributed by atoms with Gasteiger partial charge in [0, 0.05) is 24.6 Å². The number of nitro groups is 1. The Morgan fingerprint density at radius 2 is 1.96 bits per heavy atom. The first-order chi connectivity index (χ1) is 12.4. The number of carbonyl (C=O) groups is 2. The van der Waals surface area contributed by atoms with Crippen molar-refractivity contribution in [1.82, 2.24) is 5.32 Å². The lowest BCUT2D eigenvalue weighted by atomic mass is 10.1. The highest BCUT2D eigenvalue weighted by Crippen LogP contribution is 2.23. The molecule has 0 radical (unpaired) electrons. The molecule has 0 fully saturated rings. The minimum Gasteiger partial charge on any atom is -0.488 e. The maximum Gasteiger partial charge on any atom is 0.352 e. The molecule has 2 N–H and O–H groups in total. The molecule has 134 valence electrons. The van der Waals surface area contributed by atoms with E-state index in [4.69, 9.17) is 4.74 Å². The number of carboxylic acid groups (broad SMARTS) is 1. The summed E-state index contributed by atoms with van der Waals surface area (Å²) in [5.41, 5.74) is 0.712. The zero-order valence-electron chi connectivity index (χ0n) is 13.8. The molecule has 0 atom stereocenters. The fourth-order valence-electron chi connectivity index (χ4n) is 2.15. The number of nitrogens with one attached hydrogen (secondary N) is 1. The van der Waals surface area contributed by atoms with E-state index in [1.165, 1.54) is 25.1 Å². The molecule has 0 aromatic heterocycles. The lowest BCUT2D eigenvalue weighted by molar-refractivity contribution is -0.384. The topological polar surface area (TPSA) is 119 Å². The first kappa shape index (κ1) is 18.7. The number of nitro benzene ring substituents is 1. The number of non-ortho nitro benzene ring substituents is 1. The minimum atomic E-state index is -1.28. The van der Waals surface area contributed by atoms with Crippen LogP contribution in [0, 0.1) is 10.1 Å². The smallest absolute Gasteiger partial charge is 0.352 e. The summed E-state index contributed by atoms with van der Waals surface area (Å²) in [5, 5.41) is 22.2. The normalized spacial score (nSPS) is 10.9. The molecule has 0 saturated carbocycles. The molecule has 1 amide bonds. The molecule has 0 aliphatic heterocycles. The number of hydrogen-bond donors (Lipinski definition) is 2. The van der Waals surface area contributed by atoms with E-state index in [2.05, 4.69) is 5.32 Å². The van der Waals surface area contributed by atoms with Gasteiger partial charge in [-0.15, -0.1) is 0 Å². The van der Waals surface area contributed by atoms with Gasteiger partial charge in [0.2, 0.25) is 5.91 Å². The molecule has 0 bridgehead atoms.